The molecule has 0 aromatic rings. The number of halogens is 2. The molecule has 2 heteroatoms. The van der Waals surface area contributed by atoms with Crippen molar-refractivity contribution in [3.8, 4) is 0 Å². The highest BCUT2D eigenvalue weighted by Crippen LogP contribution is 2.55. The van der Waals surface area contributed by atoms with E-state index in [9.17, 15) is 0 Å². The SMILES string of the molecule is CCC1(C)CC(C)(C)C(I)C(C)C1I. The van der Waals surface area contributed by atoms with Crippen molar-refractivity contribution < 1.29 is 0 Å². The highest BCUT2D eigenvalue weighted by atomic mass is 127. The summed E-state index contributed by atoms with van der Waals surface area (Å²) >= 11 is 5.36. The minimum absolute atomic E-state index is 0.506. The van der Waals surface area contributed by atoms with Crippen molar-refractivity contribution in [1.29, 1.82) is 0 Å². The lowest BCUT2D eigenvalue weighted by molar-refractivity contribution is 0.0868. The molecule has 1 aliphatic rings. The standard InChI is InChI=1S/C12H22I2/c1-6-12(5)7-11(3,4)9(13)8(2)10(12)14/h8-10H,6-7H2,1-5H3. The van der Waals surface area contributed by atoms with Gasteiger partial charge in [0.1, 0.15) is 0 Å². The molecule has 1 saturated carbocycles. The molecule has 0 aromatic carbocycles. The molecule has 84 valence electrons. The largest absolute Gasteiger partial charge is 0.0817 e. The second-order valence-corrected chi connectivity index (χ2v) is 8.52. The minimum atomic E-state index is 0.506. The van der Waals surface area contributed by atoms with Crippen LogP contribution in [0.15, 0.2) is 0 Å². The fourth-order valence-electron chi connectivity index (χ4n) is 3.05. The van der Waals surface area contributed by atoms with Crippen molar-refractivity contribution in [1.82, 2.24) is 0 Å². The van der Waals surface area contributed by atoms with Crippen LogP contribution in [-0.2, 0) is 0 Å². The summed E-state index contributed by atoms with van der Waals surface area (Å²) < 4.78 is 1.65. The van der Waals surface area contributed by atoms with Gasteiger partial charge >= 0.3 is 0 Å². The molecule has 1 fully saturated rings. The molecule has 0 saturated heterocycles. The van der Waals surface area contributed by atoms with Gasteiger partial charge in [0.2, 0.25) is 0 Å². The molecule has 14 heavy (non-hydrogen) atoms. The predicted octanol–water partition coefficient (Wildman–Crippen LogP) is 5.08. The Balaban J connectivity index is 2.96. The van der Waals surface area contributed by atoms with Crippen molar-refractivity contribution in [2.75, 3.05) is 0 Å². The lowest BCUT2D eigenvalue weighted by atomic mass is 9.60. The topological polar surface area (TPSA) is 0 Å². The number of rotatable bonds is 1. The average Bonchev–Trinajstić information content (AvgIpc) is 2.11. The molecule has 0 bridgehead atoms. The Morgan fingerprint density at radius 3 is 2.07 bits per heavy atom. The van der Waals surface area contributed by atoms with Crippen molar-refractivity contribution in [3.63, 3.8) is 0 Å². The summed E-state index contributed by atoms with van der Waals surface area (Å²) in [6.45, 7) is 12.1. The molecule has 0 heterocycles. The summed E-state index contributed by atoms with van der Waals surface area (Å²) in [6.07, 6.45) is 2.69. The number of alkyl halides is 2. The molecule has 0 spiro atoms. The van der Waals surface area contributed by atoms with Crippen LogP contribution < -0.4 is 0 Å². The maximum Gasteiger partial charge on any atom is 0.0199 e. The molecule has 0 N–H and O–H groups in total. The summed E-state index contributed by atoms with van der Waals surface area (Å²) in [7, 11) is 0. The molecular weight excluding hydrogens is 398 g/mol. The first-order valence-electron chi connectivity index (χ1n) is 5.53. The van der Waals surface area contributed by atoms with Gasteiger partial charge in [-0.15, -0.1) is 0 Å². The van der Waals surface area contributed by atoms with Crippen molar-refractivity contribution in [3.05, 3.63) is 0 Å². The maximum absolute atomic E-state index is 2.69. The lowest BCUT2D eigenvalue weighted by Crippen LogP contribution is -2.50. The smallest absolute Gasteiger partial charge is 0.0199 e. The van der Waals surface area contributed by atoms with Gasteiger partial charge in [0.15, 0.2) is 0 Å². The van der Waals surface area contributed by atoms with E-state index in [0.717, 1.165) is 13.8 Å². The van der Waals surface area contributed by atoms with Crippen LogP contribution >= 0.6 is 45.2 Å². The van der Waals surface area contributed by atoms with E-state index in [2.05, 4.69) is 79.8 Å². The van der Waals surface area contributed by atoms with Crippen LogP contribution in [0.25, 0.3) is 0 Å². The molecular formula is C12H22I2. The summed E-state index contributed by atoms with van der Waals surface area (Å²) in [5.74, 6) is 0.838. The molecule has 0 nitrogen and oxygen atoms in total. The Labute approximate surface area is 116 Å². The third kappa shape index (κ3) is 2.25. The molecule has 0 amide bonds. The molecule has 0 aromatic heterocycles. The van der Waals surface area contributed by atoms with E-state index in [4.69, 9.17) is 0 Å². The molecule has 0 aliphatic heterocycles. The second-order valence-electron chi connectivity index (χ2n) is 5.84. The molecule has 4 atom stereocenters. The van der Waals surface area contributed by atoms with Crippen LogP contribution in [0.3, 0.4) is 0 Å². The van der Waals surface area contributed by atoms with Crippen LogP contribution in [-0.4, -0.2) is 7.85 Å². The zero-order valence-corrected chi connectivity index (χ0v) is 14.2. The van der Waals surface area contributed by atoms with E-state index in [1.807, 2.05) is 0 Å². The number of hydrogen-bond donors (Lipinski definition) is 0. The van der Waals surface area contributed by atoms with Gasteiger partial charge < -0.3 is 0 Å². The zero-order valence-electron chi connectivity index (χ0n) is 9.90. The van der Waals surface area contributed by atoms with Gasteiger partial charge in [-0.3, -0.25) is 0 Å². The molecule has 4 unspecified atom stereocenters. The minimum Gasteiger partial charge on any atom is -0.0817 e. The highest BCUT2D eigenvalue weighted by molar-refractivity contribution is 14.1. The quantitative estimate of drug-likeness (QED) is 0.410. The van der Waals surface area contributed by atoms with Crippen molar-refractivity contribution in [2.45, 2.75) is 55.3 Å². The summed E-state index contributed by atoms with van der Waals surface area (Å²) in [4.78, 5) is 0. The van der Waals surface area contributed by atoms with Crippen LogP contribution in [0, 0.1) is 16.7 Å². The lowest BCUT2D eigenvalue weighted by Gasteiger charge is -2.52. The van der Waals surface area contributed by atoms with E-state index in [1.54, 1.807) is 0 Å². The van der Waals surface area contributed by atoms with Gasteiger partial charge in [-0.05, 0) is 29.6 Å². The van der Waals surface area contributed by atoms with Crippen LogP contribution in [0.5, 0.6) is 0 Å². The van der Waals surface area contributed by atoms with E-state index >= 15 is 0 Å². The van der Waals surface area contributed by atoms with Crippen molar-refractivity contribution >= 4 is 45.2 Å². The Kier molecular flexibility index (Phi) is 4.23. The Bertz CT molecular complexity index is 212. The van der Waals surface area contributed by atoms with Gasteiger partial charge in [-0.25, -0.2) is 0 Å². The average molecular weight is 420 g/mol. The van der Waals surface area contributed by atoms with Crippen molar-refractivity contribution in [2.24, 2.45) is 16.7 Å². The fraction of sp³-hybridized carbons (Fsp3) is 1.00. The predicted molar refractivity (Wildman–Crippen MR) is 81.6 cm³/mol. The Morgan fingerprint density at radius 2 is 1.64 bits per heavy atom. The van der Waals surface area contributed by atoms with E-state index in [-0.39, 0.29) is 0 Å². The van der Waals surface area contributed by atoms with Crippen LogP contribution in [0.4, 0.5) is 0 Å². The first-order valence-corrected chi connectivity index (χ1v) is 8.02. The third-order valence-corrected chi connectivity index (χ3v) is 9.46. The van der Waals surface area contributed by atoms with Gasteiger partial charge in [0, 0.05) is 7.85 Å². The monoisotopic (exact) mass is 420 g/mol. The first kappa shape index (κ1) is 13.5. The normalized spacial score (nSPS) is 47.8. The third-order valence-electron chi connectivity index (χ3n) is 4.00. The summed E-state index contributed by atoms with van der Waals surface area (Å²) in [6, 6.07) is 0. The van der Waals surface area contributed by atoms with Gasteiger partial charge in [0.25, 0.3) is 0 Å². The summed E-state index contributed by atoms with van der Waals surface area (Å²) in [5, 5.41) is 0. The van der Waals surface area contributed by atoms with E-state index < -0.39 is 0 Å². The second kappa shape index (κ2) is 4.38. The molecule has 1 rings (SSSR count). The Morgan fingerprint density at radius 1 is 1.14 bits per heavy atom. The van der Waals surface area contributed by atoms with Gasteiger partial charge in [0.05, 0.1) is 0 Å². The van der Waals surface area contributed by atoms with Gasteiger partial charge in [-0.1, -0.05) is 79.8 Å². The Hall–Kier alpha value is 1.46. The van der Waals surface area contributed by atoms with Crippen LogP contribution in [0.2, 0.25) is 0 Å². The van der Waals surface area contributed by atoms with Gasteiger partial charge in [-0.2, -0.15) is 0 Å². The number of hydrogen-bond acceptors (Lipinski definition) is 0. The van der Waals surface area contributed by atoms with Crippen LogP contribution in [0.1, 0.15) is 47.5 Å². The van der Waals surface area contributed by atoms with E-state index in [0.29, 0.717) is 10.8 Å². The first-order chi connectivity index (χ1) is 6.24. The maximum atomic E-state index is 2.69. The summed E-state index contributed by atoms with van der Waals surface area (Å²) in [5.41, 5.74) is 1.05. The zero-order chi connectivity index (χ0) is 11.1. The van der Waals surface area contributed by atoms with E-state index in [1.165, 1.54) is 12.8 Å². The fourth-order valence-corrected chi connectivity index (χ4v) is 5.56. The molecule has 1 aliphatic carbocycles. The molecule has 0 radical (unpaired) electrons. The highest BCUT2D eigenvalue weighted by Gasteiger charge is 2.49.